The van der Waals surface area contributed by atoms with Gasteiger partial charge in [-0.1, -0.05) is 12.1 Å². The van der Waals surface area contributed by atoms with Crippen molar-refractivity contribution in [2.45, 2.75) is 19.4 Å². The molecule has 0 aliphatic heterocycles. The van der Waals surface area contributed by atoms with Gasteiger partial charge in [0, 0.05) is 0 Å². The maximum atomic E-state index is 5.41. The summed E-state index contributed by atoms with van der Waals surface area (Å²) in [6.45, 7) is 4.04. The van der Waals surface area contributed by atoms with Crippen LogP contribution < -0.4 is 14.8 Å². The first-order valence-corrected chi connectivity index (χ1v) is 7.89. The lowest BCUT2D eigenvalue weighted by Gasteiger charge is -2.27. The summed E-state index contributed by atoms with van der Waals surface area (Å²) in [7, 11) is 3.28. The summed E-state index contributed by atoms with van der Waals surface area (Å²) in [5.41, 5.74) is 1.20. The SMILES string of the molecule is COc1ccc(-n2nnnc2C(C)(C)Nc2ccccc2OC)cc1. The average molecular weight is 339 g/mol. The second-order valence-electron chi connectivity index (χ2n) is 6.06. The molecule has 3 rings (SSSR count). The first kappa shape index (κ1) is 16.8. The number of nitrogens with zero attached hydrogens (tertiary/aromatic N) is 4. The second-order valence-corrected chi connectivity index (χ2v) is 6.06. The van der Waals surface area contributed by atoms with E-state index in [4.69, 9.17) is 9.47 Å². The van der Waals surface area contributed by atoms with Crippen LogP contribution in [0.15, 0.2) is 48.5 Å². The molecule has 0 bridgehead atoms. The molecule has 0 aliphatic carbocycles. The number of tetrazole rings is 1. The van der Waals surface area contributed by atoms with Gasteiger partial charge in [-0.15, -0.1) is 5.10 Å². The molecule has 3 aromatic rings. The number of methoxy groups -OCH3 is 2. The molecule has 7 nitrogen and oxygen atoms in total. The van der Waals surface area contributed by atoms with Crippen LogP contribution in [0.2, 0.25) is 0 Å². The molecule has 0 fully saturated rings. The molecule has 0 saturated heterocycles. The zero-order valence-corrected chi connectivity index (χ0v) is 14.7. The van der Waals surface area contributed by atoms with Crippen LogP contribution in [0.5, 0.6) is 11.5 Å². The van der Waals surface area contributed by atoms with E-state index < -0.39 is 5.54 Å². The van der Waals surface area contributed by atoms with Crippen molar-refractivity contribution in [1.29, 1.82) is 0 Å². The largest absolute Gasteiger partial charge is 0.497 e. The highest BCUT2D eigenvalue weighted by Gasteiger charge is 2.29. The first-order chi connectivity index (χ1) is 12.0. The lowest BCUT2D eigenvalue weighted by Crippen LogP contribution is -2.32. The molecular weight excluding hydrogens is 318 g/mol. The topological polar surface area (TPSA) is 74.1 Å². The minimum absolute atomic E-state index is 0.530. The van der Waals surface area contributed by atoms with Crippen LogP contribution in [0, 0.1) is 0 Å². The number of rotatable bonds is 6. The molecule has 1 heterocycles. The standard InChI is InChI=1S/C18H21N5O2/c1-18(2,19-15-7-5-6-8-16(15)25-4)17-20-21-22-23(17)13-9-11-14(24-3)12-10-13/h5-12,19H,1-4H3. The van der Waals surface area contributed by atoms with E-state index in [0.717, 1.165) is 22.9 Å². The molecule has 0 amide bonds. The number of benzene rings is 2. The number of aromatic nitrogens is 4. The number of hydrogen-bond acceptors (Lipinski definition) is 6. The fourth-order valence-electron chi connectivity index (χ4n) is 2.61. The summed E-state index contributed by atoms with van der Waals surface area (Å²) in [4.78, 5) is 0. The van der Waals surface area contributed by atoms with Gasteiger partial charge in [-0.3, -0.25) is 0 Å². The Kier molecular flexibility index (Phi) is 4.56. The van der Waals surface area contributed by atoms with Crippen LogP contribution in [0.4, 0.5) is 5.69 Å². The van der Waals surface area contributed by atoms with Gasteiger partial charge in [-0.05, 0) is 60.7 Å². The van der Waals surface area contributed by atoms with Gasteiger partial charge in [0.2, 0.25) is 0 Å². The molecule has 0 saturated carbocycles. The monoisotopic (exact) mass is 339 g/mol. The van der Waals surface area contributed by atoms with Crippen molar-refractivity contribution >= 4 is 5.69 Å². The fraction of sp³-hybridized carbons (Fsp3) is 0.278. The van der Waals surface area contributed by atoms with E-state index in [1.54, 1.807) is 18.9 Å². The first-order valence-electron chi connectivity index (χ1n) is 7.89. The predicted molar refractivity (Wildman–Crippen MR) is 95.3 cm³/mol. The Labute approximate surface area is 146 Å². The van der Waals surface area contributed by atoms with Crippen molar-refractivity contribution in [2.24, 2.45) is 0 Å². The van der Waals surface area contributed by atoms with Crippen molar-refractivity contribution in [1.82, 2.24) is 20.2 Å². The van der Waals surface area contributed by atoms with Gasteiger partial charge in [0.05, 0.1) is 31.1 Å². The van der Waals surface area contributed by atoms with E-state index in [1.165, 1.54) is 0 Å². The number of hydrogen-bond donors (Lipinski definition) is 1. The molecule has 0 aliphatic rings. The Hall–Kier alpha value is -3.09. The number of anilines is 1. The molecule has 130 valence electrons. The minimum Gasteiger partial charge on any atom is -0.497 e. The van der Waals surface area contributed by atoms with Gasteiger partial charge in [0.15, 0.2) is 5.82 Å². The number of ether oxygens (including phenoxy) is 2. The van der Waals surface area contributed by atoms with Crippen LogP contribution in [0.25, 0.3) is 5.69 Å². The van der Waals surface area contributed by atoms with Crippen LogP contribution in [0.1, 0.15) is 19.7 Å². The minimum atomic E-state index is -0.530. The Bertz CT molecular complexity index is 843. The predicted octanol–water partition coefficient (Wildman–Crippen LogP) is 3.03. The molecule has 0 unspecified atom stereocenters. The average Bonchev–Trinajstić information content (AvgIpc) is 3.13. The smallest absolute Gasteiger partial charge is 0.181 e. The highest BCUT2D eigenvalue weighted by Crippen LogP contribution is 2.31. The summed E-state index contributed by atoms with van der Waals surface area (Å²) < 4.78 is 12.3. The van der Waals surface area contributed by atoms with Gasteiger partial charge in [-0.2, -0.15) is 4.68 Å². The fourth-order valence-corrected chi connectivity index (χ4v) is 2.61. The normalized spacial score (nSPS) is 11.2. The molecule has 7 heteroatoms. The Balaban J connectivity index is 1.94. The Morgan fingerprint density at radius 3 is 2.36 bits per heavy atom. The summed E-state index contributed by atoms with van der Waals surface area (Å²) in [5, 5.41) is 15.7. The lowest BCUT2D eigenvalue weighted by atomic mass is 10.0. The molecule has 25 heavy (non-hydrogen) atoms. The maximum absolute atomic E-state index is 5.41. The Morgan fingerprint density at radius 1 is 0.960 bits per heavy atom. The van der Waals surface area contributed by atoms with Crippen molar-refractivity contribution in [3.8, 4) is 17.2 Å². The van der Waals surface area contributed by atoms with Gasteiger partial charge in [0.25, 0.3) is 0 Å². The van der Waals surface area contributed by atoms with Crippen molar-refractivity contribution < 1.29 is 9.47 Å². The molecule has 0 atom stereocenters. The van der Waals surface area contributed by atoms with Crippen LogP contribution >= 0.6 is 0 Å². The molecule has 1 aromatic heterocycles. The summed E-state index contributed by atoms with van der Waals surface area (Å²) in [6.07, 6.45) is 0. The van der Waals surface area contributed by atoms with Crippen LogP contribution in [-0.4, -0.2) is 34.4 Å². The van der Waals surface area contributed by atoms with Gasteiger partial charge in [-0.25, -0.2) is 0 Å². The third-order valence-corrected chi connectivity index (χ3v) is 3.90. The van der Waals surface area contributed by atoms with E-state index in [1.807, 2.05) is 62.4 Å². The van der Waals surface area contributed by atoms with Gasteiger partial charge < -0.3 is 14.8 Å². The Morgan fingerprint density at radius 2 is 1.68 bits per heavy atom. The number of para-hydroxylation sites is 2. The molecule has 0 spiro atoms. The second kappa shape index (κ2) is 6.80. The molecule has 2 aromatic carbocycles. The van der Waals surface area contributed by atoms with Crippen LogP contribution in [0.3, 0.4) is 0 Å². The van der Waals surface area contributed by atoms with Crippen molar-refractivity contribution in [2.75, 3.05) is 19.5 Å². The molecule has 1 N–H and O–H groups in total. The molecular formula is C18H21N5O2. The van der Waals surface area contributed by atoms with E-state index in [2.05, 4.69) is 20.8 Å². The lowest BCUT2D eigenvalue weighted by molar-refractivity contribution is 0.413. The third kappa shape index (κ3) is 3.40. The summed E-state index contributed by atoms with van der Waals surface area (Å²) in [6, 6.07) is 15.3. The maximum Gasteiger partial charge on any atom is 0.181 e. The highest BCUT2D eigenvalue weighted by molar-refractivity contribution is 5.58. The van der Waals surface area contributed by atoms with E-state index in [9.17, 15) is 0 Å². The van der Waals surface area contributed by atoms with Crippen molar-refractivity contribution in [3.63, 3.8) is 0 Å². The zero-order valence-electron chi connectivity index (χ0n) is 14.7. The van der Waals surface area contributed by atoms with Gasteiger partial charge >= 0.3 is 0 Å². The van der Waals surface area contributed by atoms with Crippen molar-refractivity contribution in [3.05, 3.63) is 54.4 Å². The summed E-state index contributed by atoms with van der Waals surface area (Å²) >= 11 is 0. The van der Waals surface area contributed by atoms with E-state index >= 15 is 0 Å². The van der Waals surface area contributed by atoms with Gasteiger partial charge in [0.1, 0.15) is 11.5 Å². The quantitative estimate of drug-likeness (QED) is 0.744. The van der Waals surface area contributed by atoms with E-state index in [-0.39, 0.29) is 0 Å². The summed E-state index contributed by atoms with van der Waals surface area (Å²) in [5.74, 6) is 2.23. The number of nitrogens with one attached hydrogen (secondary N) is 1. The zero-order chi connectivity index (χ0) is 17.9. The van der Waals surface area contributed by atoms with Crippen LogP contribution in [-0.2, 0) is 5.54 Å². The molecule has 0 radical (unpaired) electrons. The third-order valence-electron chi connectivity index (χ3n) is 3.90. The highest BCUT2D eigenvalue weighted by atomic mass is 16.5. The van der Waals surface area contributed by atoms with E-state index in [0.29, 0.717) is 5.82 Å².